The summed E-state index contributed by atoms with van der Waals surface area (Å²) in [4.78, 5) is 17.0. The van der Waals surface area contributed by atoms with Crippen LogP contribution in [0.2, 0.25) is 0 Å². The summed E-state index contributed by atoms with van der Waals surface area (Å²) < 4.78 is 31.0. The molecule has 146 valence electrons. The molecular formula is C19H24N2O5S. The second-order valence-corrected chi connectivity index (χ2v) is 7.89. The molecule has 0 aliphatic carbocycles. The number of sulfonamides is 1. The van der Waals surface area contributed by atoms with Gasteiger partial charge >= 0.3 is 0 Å². The van der Waals surface area contributed by atoms with Crippen molar-refractivity contribution >= 4 is 15.9 Å². The lowest BCUT2D eigenvalue weighted by atomic mass is 10.1. The Morgan fingerprint density at radius 1 is 1.11 bits per heavy atom. The number of carbonyl (C=O) groups is 1. The number of ether oxygens (including phenoxy) is 1. The van der Waals surface area contributed by atoms with Gasteiger partial charge in [0, 0.05) is 12.6 Å². The first-order valence-corrected chi connectivity index (χ1v) is 9.81. The highest BCUT2D eigenvalue weighted by molar-refractivity contribution is 7.89. The number of hydroxylamine groups is 1. The number of nitrogens with zero attached hydrogens (tertiary/aromatic N) is 1. The van der Waals surface area contributed by atoms with E-state index < -0.39 is 10.0 Å². The van der Waals surface area contributed by atoms with Crippen molar-refractivity contribution in [1.82, 2.24) is 9.79 Å². The van der Waals surface area contributed by atoms with Crippen LogP contribution in [0, 0.1) is 13.8 Å². The number of hydrogen-bond donors (Lipinski definition) is 1. The van der Waals surface area contributed by atoms with Gasteiger partial charge in [0.2, 0.25) is 0 Å². The summed E-state index contributed by atoms with van der Waals surface area (Å²) in [5.74, 6) is 0.430. The minimum Gasteiger partial charge on any atom is -0.491 e. The second-order valence-electron chi connectivity index (χ2n) is 5.95. The Balaban J connectivity index is 1.98. The molecule has 0 atom stereocenters. The minimum atomic E-state index is -3.81. The molecule has 0 aromatic heterocycles. The predicted octanol–water partition coefficient (Wildman–Crippen LogP) is 2.29. The van der Waals surface area contributed by atoms with E-state index in [0.29, 0.717) is 13.2 Å². The Hall–Kier alpha value is -2.42. The van der Waals surface area contributed by atoms with Crippen LogP contribution in [0.3, 0.4) is 0 Å². The number of carbonyl (C=O) groups excluding carboxylic acids is 1. The maximum atomic E-state index is 12.3. The molecule has 0 saturated heterocycles. The monoisotopic (exact) mass is 392 g/mol. The molecule has 2 rings (SSSR count). The topological polar surface area (TPSA) is 84.9 Å². The van der Waals surface area contributed by atoms with Gasteiger partial charge in [-0.25, -0.2) is 8.42 Å². The van der Waals surface area contributed by atoms with Crippen LogP contribution in [0.25, 0.3) is 0 Å². The zero-order valence-electron chi connectivity index (χ0n) is 15.9. The highest BCUT2D eigenvalue weighted by atomic mass is 32.2. The molecule has 0 aliphatic rings. The molecule has 7 nitrogen and oxygen atoms in total. The third-order valence-electron chi connectivity index (χ3n) is 4.03. The van der Waals surface area contributed by atoms with Crippen LogP contribution < -0.4 is 10.1 Å². The van der Waals surface area contributed by atoms with Crippen molar-refractivity contribution in [1.29, 1.82) is 0 Å². The van der Waals surface area contributed by atoms with Gasteiger partial charge in [0.05, 0.1) is 18.6 Å². The van der Waals surface area contributed by atoms with Crippen LogP contribution in [0.4, 0.5) is 0 Å². The molecular weight excluding hydrogens is 368 g/mol. The van der Waals surface area contributed by atoms with Crippen molar-refractivity contribution in [3.05, 3.63) is 59.2 Å². The Morgan fingerprint density at radius 2 is 1.74 bits per heavy atom. The summed E-state index contributed by atoms with van der Waals surface area (Å²) >= 11 is 0. The number of amides is 1. The van der Waals surface area contributed by atoms with E-state index in [9.17, 15) is 13.2 Å². The van der Waals surface area contributed by atoms with E-state index in [1.54, 1.807) is 6.07 Å². The van der Waals surface area contributed by atoms with E-state index in [0.717, 1.165) is 21.3 Å². The summed E-state index contributed by atoms with van der Waals surface area (Å²) in [6.45, 7) is 4.52. The summed E-state index contributed by atoms with van der Waals surface area (Å²) in [6, 6.07) is 11.7. The number of aryl methyl sites for hydroxylation is 2. The van der Waals surface area contributed by atoms with Gasteiger partial charge in [-0.2, -0.15) is 0 Å². The largest absolute Gasteiger partial charge is 0.491 e. The van der Waals surface area contributed by atoms with E-state index in [1.807, 2.05) is 32.0 Å². The van der Waals surface area contributed by atoms with Gasteiger partial charge in [0.25, 0.3) is 15.9 Å². The zero-order chi connectivity index (χ0) is 20.0. The zero-order valence-corrected chi connectivity index (χ0v) is 16.7. The van der Waals surface area contributed by atoms with Gasteiger partial charge in [-0.05, 0) is 43.2 Å². The van der Waals surface area contributed by atoms with Crippen molar-refractivity contribution in [3.8, 4) is 5.75 Å². The summed E-state index contributed by atoms with van der Waals surface area (Å²) in [5, 5.41) is 2.73. The van der Waals surface area contributed by atoms with Gasteiger partial charge in [-0.1, -0.05) is 28.7 Å². The van der Waals surface area contributed by atoms with Crippen molar-refractivity contribution in [2.24, 2.45) is 0 Å². The van der Waals surface area contributed by atoms with E-state index in [2.05, 4.69) is 5.32 Å². The number of benzene rings is 2. The Bertz CT molecular complexity index is 892. The van der Waals surface area contributed by atoms with Gasteiger partial charge < -0.3 is 10.1 Å². The average Bonchev–Trinajstić information content (AvgIpc) is 2.66. The van der Waals surface area contributed by atoms with Crippen LogP contribution in [-0.2, 0) is 14.9 Å². The van der Waals surface area contributed by atoms with Crippen LogP contribution in [0.5, 0.6) is 5.75 Å². The standard InChI is InChI=1S/C19H24N2O5S/c1-14-7-5-8-15(2)18(14)26-12-11-20-19(22)16-9-6-10-17(13-16)27(23,24)21(3)25-4/h5-10,13H,11-12H2,1-4H3,(H,20,22). The quantitative estimate of drug-likeness (QED) is 0.550. The van der Waals surface area contributed by atoms with E-state index in [4.69, 9.17) is 9.57 Å². The number of rotatable bonds is 8. The first-order valence-electron chi connectivity index (χ1n) is 8.37. The van der Waals surface area contributed by atoms with Crippen LogP contribution in [-0.4, -0.2) is 46.1 Å². The van der Waals surface area contributed by atoms with E-state index >= 15 is 0 Å². The third kappa shape index (κ3) is 5.06. The number of nitrogens with one attached hydrogen (secondary N) is 1. The highest BCUT2D eigenvalue weighted by Crippen LogP contribution is 2.22. The number of para-hydroxylation sites is 1. The maximum Gasteiger partial charge on any atom is 0.264 e. The normalized spacial score (nSPS) is 11.4. The molecule has 0 aliphatic heterocycles. The summed E-state index contributed by atoms with van der Waals surface area (Å²) in [7, 11) is -1.27. The van der Waals surface area contributed by atoms with Gasteiger partial charge in [-0.15, -0.1) is 0 Å². The van der Waals surface area contributed by atoms with Crippen LogP contribution in [0.1, 0.15) is 21.5 Å². The Labute approximate surface area is 159 Å². The Morgan fingerprint density at radius 3 is 2.37 bits per heavy atom. The highest BCUT2D eigenvalue weighted by Gasteiger charge is 2.21. The molecule has 1 amide bonds. The molecule has 0 radical (unpaired) electrons. The minimum absolute atomic E-state index is 0.0220. The molecule has 8 heteroatoms. The molecule has 0 heterocycles. The molecule has 2 aromatic rings. The van der Waals surface area contributed by atoms with Gasteiger partial charge in [0.15, 0.2) is 0 Å². The SMILES string of the molecule is CON(C)S(=O)(=O)c1cccc(C(=O)NCCOc2c(C)cccc2C)c1. The third-order valence-corrected chi connectivity index (χ3v) is 5.71. The van der Waals surface area contributed by atoms with E-state index in [1.165, 1.54) is 32.4 Å². The molecule has 0 saturated carbocycles. The van der Waals surface area contributed by atoms with Gasteiger partial charge in [-0.3, -0.25) is 9.63 Å². The predicted molar refractivity (Wildman–Crippen MR) is 102 cm³/mol. The van der Waals surface area contributed by atoms with Crippen molar-refractivity contribution < 1.29 is 22.8 Å². The van der Waals surface area contributed by atoms with Crippen molar-refractivity contribution in [2.45, 2.75) is 18.7 Å². The molecule has 1 N–H and O–H groups in total. The van der Waals surface area contributed by atoms with E-state index in [-0.39, 0.29) is 16.4 Å². The smallest absolute Gasteiger partial charge is 0.264 e. The molecule has 0 bridgehead atoms. The molecule has 0 unspecified atom stereocenters. The average molecular weight is 392 g/mol. The maximum absolute atomic E-state index is 12.3. The number of hydrogen-bond acceptors (Lipinski definition) is 5. The lowest BCUT2D eigenvalue weighted by Gasteiger charge is -2.15. The fourth-order valence-corrected chi connectivity index (χ4v) is 3.51. The van der Waals surface area contributed by atoms with Crippen LogP contribution >= 0.6 is 0 Å². The van der Waals surface area contributed by atoms with Crippen molar-refractivity contribution in [2.75, 3.05) is 27.3 Å². The lowest BCUT2D eigenvalue weighted by molar-refractivity contribution is -0.0258. The fraction of sp³-hybridized carbons (Fsp3) is 0.316. The molecule has 0 spiro atoms. The Kier molecular flexibility index (Phi) is 6.95. The summed E-state index contributed by atoms with van der Waals surface area (Å²) in [6.07, 6.45) is 0. The first-order chi connectivity index (χ1) is 12.8. The van der Waals surface area contributed by atoms with Crippen molar-refractivity contribution in [3.63, 3.8) is 0 Å². The first kappa shape index (κ1) is 20.9. The molecule has 0 fully saturated rings. The fourth-order valence-electron chi connectivity index (χ4n) is 2.49. The second kappa shape index (κ2) is 8.98. The van der Waals surface area contributed by atoms with Gasteiger partial charge in [0.1, 0.15) is 12.4 Å². The summed E-state index contributed by atoms with van der Waals surface area (Å²) in [5.41, 5.74) is 2.30. The van der Waals surface area contributed by atoms with Crippen LogP contribution in [0.15, 0.2) is 47.4 Å². The molecule has 27 heavy (non-hydrogen) atoms. The lowest BCUT2D eigenvalue weighted by Crippen LogP contribution is -2.29. The molecule has 2 aromatic carbocycles.